The highest BCUT2D eigenvalue weighted by molar-refractivity contribution is 6.04. The molecule has 0 spiro atoms. The van der Waals surface area contributed by atoms with Gasteiger partial charge in [-0.3, -0.25) is 9.69 Å². The quantitative estimate of drug-likeness (QED) is 0.747. The lowest BCUT2D eigenvalue weighted by atomic mass is 9.83. The number of hydrogen-bond acceptors (Lipinski definition) is 8. The van der Waals surface area contributed by atoms with Crippen LogP contribution in [0.1, 0.15) is 34.6 Å². The van der Waals surface area contributed by atoms with E-state index in [2.05, 4.69) is 15.3 Å². The van der Waals surface area contributed by atoms with E-state index >= 15 is 0 Å². The number of carbonyl (C=O) groups excluding carboxylic acids is 2. The molecule has 1 N–H and O–H groups in total. The first-order chi connectivity index (χ1) is 13.5. The second-order valence-electron chi connectivity index (χ2n) is 8.13. The summed E-state index contributed by atoms with van der Waals surface area (Å²) < 4.78 is 12.5. The van der Waals surface area contributed by atoms with Crippen LogP contribution in [0.5, 0.6) is 0 Å². The Labute approximate surface area is 168 Å². The normalized spacial score (nSPS) is 22.3. The summed E-state index contributed by atoms with van der Waals surface area (Å²) in [6.07, 6.45) is 4.75. The molecule has 1 fully saturated rings. The number of anilines is 1. The van der Waals surface area contributed by atoms with Crippen molar-refractivity contribution < 1.29 is 24.2 Å². The van der Waals surface area contributed by atoms with Gasteiger partial charge in [0.1, 0.15) is 5.60 Å². The molecule has 10 heteroatoms. The fourth-order valence-corrected chi connectivity index (χ4v) is 2.92. The highest BCUT2D eigenvalue weighted by Crippen LogP contribution is 2.35. The Kier molecular flexibility index (Phi) is 5.18. The minimum Gasteiger partial charge on any atom is -0.458 e. The third-order valence-electron chi connectivity index (χ3n) is 4.77. The van der Waals surface area contributed by atoms with Gasteiger partial charge in [-0.05, 0) is 40.7 Å². The van der Waals surface area contributed by atoms with E-state index in [4.69, 9.17) is 9.47 Å². The van der Waals surface area contributed by atoms with Crippen molar-refractivity contribution in [1.29, 1.82) is 0 Å². The van der Waals surface area contributed by atoms with Gasteiger partial charge in [0.25, 0.3) is 5.91 Å². The Morgan fingerprint density at radius 2 is 2.00 bits per heavy atom. The Morgan fingerprint density at radius 1 is 1.28 bits per heavy atom. The lowest BCUT2D eigenvalue weighted by Gasteiger charge is -2.45. The van der Waals surface area contributed by atoms with Gasteiger partial charge >= 0.3 is 5.97 Å². The van der Waals surface area contributed by atoms with E-state index in [9.17, 15) is 14.7 Å². The van der Waals surface area contributed by atoms with Crippen molar-refractivity contribution in [1.82, 2.24) is 20.0 Å². The maximum absolute atomic E-state index is 13.3. The van der Waals surface area contributed by atoms with Crippen LogP contribution in [-0.4, -0.2) is 66.9 Å². The van der Waals surface area contributed by atoms with Crippen LogP contribution in [0, 0.1) is 0 Å². The Morgan fingerprint density at radius 3 is 2.62 bits per heavy atom. The molecule has 1 saturated heterocycles. The third-order valence-corrected chi connectivity index (χ3v) is 4.77. The number of ether oxygens (including phenoxy) is 2. The largest absolute Gasteiger partial charge is 0.458 e. The molecule has 0 aromatic carbocycles. The molecular formula is C19H25N5O5. The second kappa shape index (κ2) is 7.20. The predicted molar refractivity (Wildman–Crippen MR) is 102 cm³/mol. The van der Waals surface area contributed by atoms with Gasteiger partial charge in [-0.2, -0.15) is 10.2 Å². The van der Waals surface area contributed by atoms with Crippen molar-refractivity contribution in [2.45, 2.75) is 51.4 Å². The fourth-order valence-electron chi connectivity index (χ4n) is 2.92. The van der Waals surface area contributed by atoms with Crippen molar-refractivity contribution in [3.63, 3.8) is 0 Å². The SMILES string of the molecule is CC(C)(C)OC(=O)C(C)(O)C1(C)OCCN(c2ccn(-c3ccnnc3)n2)C1=O. The van der Waals surface area contributed by atoms with E-state index in [1.165, 1.54) is 31.1 Å². The lowest BCUT2D eigenvalue weighted by molar-refractivity contribution is -0.214. The monoisotopic (exact) mass is 403 g/mol. The molecule has 3 rings (SSSR count). The predicted octanol–water partition coefficient (Wildman–Crippen LogP) is 0.877. The average Bonchev–Trinajstić information content (AvgIpc) is 3.13. The summed E-state index contributed by atoms with van der Waals surface area (Å²) in [5, 5.41) is 22.9. The molecule has 2 unspecified atom stereocenters. The number of morpholine rings is 1. The molecule has 0 bridgehead atoms. The lowest BCUT2D eigenvalue weighted by Crippen LogP contribution is -2.69. The first-order valence-electron chi connectivity index (χ1n) is 9.20. The topological polar surface area (TPSA) is 120 Å². The summed E-state index contributed by atoms with van der Waals surface area (Å²) in [7, 11) is 0. The minimum absolute atomic E-state index is 0.116. The Hall–Kier alpha value is -2.85. The maximum Gasteiger partial charge on any atom is 0.341 e. The number of carbonyl (C=O) groups is 2. The molecule has 3 heterocycles. The maximum atomic E-state index is 13.3. The van der Waals surface area contributed by atoms with Crippen LogP contribution in [0.2, 0.25) is 0 Å². The smallest absolute Gasteiger partial charge is 0.341 e. The van der Waals surface area contributed by atoms with Crippen LogP contribution in [0.25, 0.3) is 5.69 Å². The van der Waals surface area contributed by atoms with E-state index in [0.29, 0.717) is 11.5 Å². The standard InChI is InChI=1S/C19H25N5O5/c1-17(2,3)29-16(26)18(4,27)19(5)15(25)23(10-11-28-19)14-7-9-24(22-14)13-6-8-20-21-12-13/h6-9,12,27H,10-11H2,1-5H3. The summed E-state index contributed by atoms with van der Waals surface area (Å²) >= 11 is 0. The fraction of sp³-hybridized carbons (Fsp3) is 0.526. The van der Waals surface area contributed by atoms with Crippen molar-refractivity contribution in [2.24, 2.45) is 0 Å². The molecule has 2 aromatic rings. The van der Waals surface area contributed by atoms with E-state index in [1.807, 2.05) is 0 Å². The Balaban J connectivity index is 1.88. The van der Waals surface area contributed by atoms with Crippen LogP contribution in [0.15, 0.2) is 30.7 Å². The van der Waals surface area contributed by atoms with Gasteiger partial charge in [0, 0.05) is 12.3 Å². The molecule has 10 nitrogen and oxygen atoms in total. The first kappa shape index (κ1) is 20.9. The average molecular weight is 403 g/mol. The molecule has 0 radical (unpaired) electrons. The molecule has 1 aliphatic heterocycles. The molecule has 0 saturated carbocycles. The Bertz CT molecular complexity index is 905. The zero-order valence-electron chi connectivity index (χ0n) is 17.1. The molecular weight excluding hydrogens is 378 g/mol. The number of rotatable bonds is 4. The van der Waals surface area contributed by atoms with Crippen molar-refractivity contribution in [2.75, 3.05) is 18.1 Å². The molecule has 156 valence electrons. The zero-order chi connectivity index (χ0) is 21.4. The summed E-state index contributed by atoms with van der Waals surface area (Å²) in [5.74, 6) is -1.16. The van der Waals surface area contributed by atoms with Crippen LogP contribution < -0.4 is 4.90 Å². The van der Waals surface area contributed by atoms with Crippen molar-refractivity contribution in [3.05, 3.63) is 30.7 Å². The third kappa shape index (κ3) is 3.85. The van der Waals surface area contributed by atoms with Gasteiger partial charge in [0.05, 0.1) is 31.2 Å². The van der Waals surface area contributed by atoms with E-state index in [0.717, 1.165) is 0 Å². The van der Waals surface area contributed by atoms with Crippen LogP contribution in [0.4, 0.5) is 5.82 Å². The summed E-state index contributed by atoms with van der Waals surface area (Å²) in [4.78, 5) is 27.3. The highest BCUT2D eigenvalue weighted by Gasteiger charge is 2.60. The molecule has 2 atom stereocenters. The summed E-state index contributed by atoms with van der Waals surface area (Å²) in [6, 6.07) is 3.38. The van der Waals surface area contributed by atoms with Gasteiger partial charge in [-0.25, -0.2) is 9.48 Å². The van der Waals surface area contributed by atoms with Crippen LogP contribution >= 0.6 is 0 Å². The number of hydrogen-bond donors (Lipinski definition) is 1. The number of aromatic nitrogens is 4. The molecule has 1 aliphatic rings. The van der Waals surface area contributed by atoms with Gasteiger partial charge in [-0.1, -0.05) is 0 Å². The van der Waals surface area contributed by atoms with Crippen LogP contribution in [-0.2, 0) is 19.1 Å². The van der Waals surface area contributed by atoms with Gasteiger partial charge in [0.15, 0.2) is 17.0 Å². The summed E-state index contributed by atoms with van der Waals surface area (Å²) in [6.45, 7) is 7.99. The molecule has 0 aliphatic carbocycles. The molecule has 2 aromatic heterocycles. The van der Waals surface area contributed by atoms with E-state index in [-0.39, 0.29) is 13.2 Å². The minimum atomic E-state index is -2.20. The zero-order valence-corrected chi connectivity index (χ0v) is 17.1. The first-order valence-corrected chi connectivity index (χ1v) is 9.20. The number of aliphatic hydroxyl groups is 1. The van der Waals surface area contributed by atoms with Crippen molar-refractivity contribution >= 4 is 17.7 Å². The molecule has 1 amide bonds. The van der Waals surface area contributed by atoms with E-state index in [1.54, 1.807) is 43.8 Å². The van der Waals surface area contributed by atoms with Gasteiger partial charge < -0.3 is 14.6 Å². The van der Waals surface area contributed by atoms with Crippen molar-refractivity contribution in [3.8, 4) is 5.69 Å². The number of esters is 1. The second-order valence-corrected chi connectivity index (χ2v) is 8.13. The van der Waals surface area contributed by atoms with Gasteiger partial charge in [-0.15, -0.1) is 5.10 Å². The van der Waals surface area contributed by atoms with E-state index < -0.39 is 28.7 Å². The number of nitrogens with zero attached hydrogens (tertiary/aromatic N) is 5. The highest BCUT2D eigenvalue weighted by atomic mass is 16.6. The molecule has 29 heavy (non-hydrogen) atoms. The number of amides is 1. The van der Waals surface area contributed by atoms with Crippen LogP contribution in [0.3, 0.4) is 0 Å². The summed E-state index contributed by atoms with van der Waals surface area (Å²) in [5.41, 5.74) is -4.19. The van der Waals surface area contributed by atoms with Gasteiger partial charge in [0.2, 0.25) is 0 Å².